The topological polar surface area (TPSA) is 66.4 Å². The van der Waals surface area contributed by atoms with Crippen LogP contribution >= 0.6 is 0 Å². The molecule has 1 amide bonds. The van der Waals surface area contributed by atoms with Gasteiger partial charge in [0.05, 0.1) is 11.8 Å². The number of carboxylic acid groups (broad SMARTS) is 1. The number of aliphatic carboxylic acids is 1. The number of rotatable bonds is 7. The van der Waals surface area contributed by atoms with Crippen molar-refractivity contribution in [2.75, 3.05) is 6.54 Å². The number of hydrogen-bond acceptors (Lipinski definition) is 2. The third-order valence-electron chi connectivity index (χ3n) is 3.97. The predicted molar refractivity (Wildman–Crippen MR) is 70.2 cm³/mol. The van der Waals surface area contributed by atoms with E-state index in [-0.39, 0.29) is 11.8 Å². The first-order valence-corrected chi connectivity index (χ1v) is 7.10. The van der Waals surface area contributed by atoms with E-state index < -0.39 is 11.9 Å². The summed E-state index contributed by atoms with van der Waals surface area (Å²) >= 11 is 0. The van der Waals surface area contributed by atoms with Gasteiger partial charge in [-0.05, 0) is 25.2 Å². The zero-order chi connectivity index (χ0) is 13.5. The van der Waals surface area contributed by atoms with Crippen LogP contribution in [-0.4, -0.2) is 23.5 Å². The lowest BCUT2D eigenvalue weighted by molar-refractivity contribution is -0.146. The molecule has 1 saturated carbocycles. The van der Waals surface area contributed by atoms with E-state index >= 15 is 0 Å². The van der Waals surface area contributed by atoms with E-state index in [1.807, 2.05) is 0 Å². The molecule has 0 aromatic heterocycles. The fourth-order valence-corrected chi connectivity index (χ4v) is 2.76. The maximum atomic E-state index is 12.0. The lowest BCUT2D eigenvalue weighted by Crippen LogP contribution is -2.35. The van der Waals surface area contributed by atoms with Crippen LogP contribution in [0.5, 0.6) is 0 Å². The van der Waals surface area contributed by atoms with Gasteiger partial charge < -0.3 is 10.4 Å². The average Bonchev–Trinajstić information content (AvgIpc) is 2.78. The van der Waals surface area contributed by atoms with Gasteiger partial charge in [-0.15, -0.1) is 0 Å². The third kappa shape index (κ3) is 4.00. The summed E-state index contributed by atoms with van der Waals surface area (Å²) in [5, 5.41) is 12.1. The molecule has 104 valence electrons. The number of carbonyl (C=O) groups is 2. The Morgan fingerprint density at radius 2 is 1.83 bits per heavy atom. The van der Waals surface area contributed by atoms with Gasteiger partial charge in [-0.3, -0.25) is 9.59 Å². The Kier molecular flexibility index (Phi) is 6.16. The molecular weight excluding hydrogens is 230 g/mol. The van der Waals surface area contributed by atoms with Crippen LogP contribution in [0, 0.1) is 17.8 Å². The molecule has 4 heteroatoms. The first-order valence-electron chi connectivity index (χ1n) is 7.10. The molecule has 0 heterocycles. The maximum absolute atomic E-state index is 12.0. The summed E-state index contributed by atoms with van der Waals surface area (Å²) in [4.78, 5) is 23.2. The SMILES string of the molecule is CCCCCNC(=O)C1CC(CC)CC1C(=O)O. The Bertz CT molecular complexity index is 291. The Hall–Kier alpha value is -1.06. The molecule has 0 saturated heterocycles. The van der Waals surface area contributed by atoms with Crippen molar-refractivity contribution in [2.45, 2.75) is 52.4 Å². The lowest BCUT2D eigenvalue weighted by Gasteiger charge is -2.15. The van der Waals surface area contributed by atoms with Crippen LogP contribution in [0.15, 0.2) is 0 Å². The molecule has 18 heavy (non-hydrogen) atoms. The molecule has 0 aromatic carbocycles. The Balaban J connectivity index is 2.46. The monoisotopic (exact) mass is 255 g/mol. The highest BCUT2D eigenvalue weighted by molar-refractivity contribution is 5.85. The van der Waals surface area contributed by atoms with Crippen molar-refractivity contribution in [1.29, 1.82) is 0 Å². The Labute approximate surface area is 109 Å². The van der Waals surface area contributed by atoms with Gasteiger partial charge in [-0.2, -0.15) is 0 Å². The molecule has 1 aliphatic rings. The molecule has 0 aromatic rings. The summed E-state index contributed by atoms with van der Waals surface area (Å²) in [6.45, 7) is 4.85. The van der Waals surface area contributed by atoms with Crippen LogP contribution in [0.3, 0.4) is 0 Å². The van der Waals surface area contributed by atoms with Crippen LogP contribution in [0.25, 0.3) is 0 Å². The summed E-state index contributed by atoms with van der Waals surface area (Å²) in [6.07, 6.45) is 5.54. The average molecular weight is 255 g/mol. The van der Waals surface area contributed by atoms with Crippen molar-refractivity contribution in [2.24, 2.45) is 17.8 Å². The molecule has 0 spiro atoms. The first-order chi connectivity index (χ1) is 8.60. The second-order valence-corrected chi connectivity index (χ2v) is 5.30. The van der Waals surface area contributed by atoms with E-state index in [2.05, 4.69) is 19.2 Å². The van der Waals surface area contributed by atoms with E-state index in [4.69, 9.17) is 0 Å². The summed E-state index contributed by atoms with van der Waals surface area (Å²) in [5.74, 6) is -1.30. The molecule has 1 fully saturated rings. The molecule has 4 nitrogen and oxygen atoms in total. The summed E-state index contributed by atoms with van der Waals surface area (Å²) in [7, 11) is 0. The molecule has 2 N–H and O–H groups in total. The van der Waals surface area contributed by atoms with Gasteiger partial charge in [-0.25, -0.2) is 0 Å². The van der Waals surface area contributed by atoms with Gasteiger partial charge in [0.2, 0.25) is 5.91 Å². The van der Waals surface area contributed by atoms with E-state index in [0.717, 1.165) is 32.1 Å². The molecule has 1 aliphatic carbocycles. The molecular formula is C14H25NO3. The quantitative estimate of drug-likeness (QED) is 0.687. The molecule has 0 radical (unpaired) electrons. The molecule has 3 unspecified atom stereocenters. The zero-order valence-electron chi connectivity index (χ0n) is 11.4. The number of carbonyl (C=O) groups excluding carboxylic acids is 1. The van der Waals surface area contributed by atoms with Crippen molar-refractivity contribution >= 4 is 11.9 Å². The highest BCUT2D eigenvalue weighted by Crippen LogP contribution is 2.38. The van der Waals surface area contributed by atoms with Gasteiger partial charge in [0.1, 0.15) is 0 Å². The molecule has 1 rings (SSSR count). The minimum absolute atomic E-state index is 0.0607. The molecule has 0 aliphatic heterocycles. The zero-order valence-corrected chi connectivity index (χ0v) is 11.4. The van der Waals surface area contributed by atoms with E-state index in [1.54, 1.807) is 0 Å². The second-order valence-electron chi connectivity index (χ2n) is 5.30. The summed E-state index contributed by atoms with van der Waals surface area (Å²) < 4.78 is 0. The van der Waals surface area contributed by atoms with E-state index in [0.29, 0.717) is 18.9 Å². The lowest BCUT2D eigenvalue weighted by atomic mass is 9.95. The van der Waals surface area contributed by atoms with Crippen LogP contribution < -0.4 is 5.32 Å². The normalized spacial score (nSPS) is 27.1. The van der Waals surface area contributed by atoms with Gasteiger partial charge in [0.15, 0.2) is 0 Å². The smallest absolute Gasteiger partial charge is 0.307 e. The number of hydrogen-bond donors (Lipinski definition) is 2. The van der Waals surface area contributed by atoms with Crippen LogP contribution in [-0.2, 0) is 9.59 Å². The minimum atomic E-state index is -0.820. The number of carboxylic acids is 1. The van der Waals surface area contributed by atoms with Crippen molar-refractivity contribution in [1.82, 2.24) is 5.32 Å². The van der Waals surface area contributed by atoms with Gasteiger partial charge >= 0.3 is 5.97 Å². The van der Waals surface area contributed by atoms with Crippen molar-refractivity contribution < 1.29 is 14.7 Å². The summed E-state index contributed by atoms with van der Waals surface area (Å²) in [6, 6.07) is 0. The third-order valence-corrected chi connectivity index (χ3v) is 3.97. The fourth-order valence-electron chi connectivity index (χ4n) is 2.76. The van der Waals surface area contributed by atoms with Crippen LogP contribution in [0.1, 0.15) is 52.4 Å². The first kappa shape index (κ1) is 15.0. The Morgan fingerprint density at radius 1 is 1.17 bits per heavy atom. The maximum Gasteiger partial charge on any atom is 0.307 e. The standard InChI is InChI=1S/C14H25NO3/c1-3-5-6-7-15-13(16)11-8-10(4-2)9-12(11)14(17)18/h10-12H,3-9H2,1-2H3,(H,15,16)(H,17,18). The number of amides is 1. The van der Waals surface area contributed by atoms with Gasteiger partial charge in [-0.1, -0.05) is 33.1 Å². The van der Waals surface area contributed by atoms with E-state index in [1.165, 1.54) is 0 Å². The van der Waals surface area contributed by atoms with Crippen molar-refractivity contribution in [3.63, 3.8) is 0 Å². The van der Waals surface area contributed by atoms with Crippen molar-refractivity contribution in [3.05, 3.63) is 0 Å². The van der Waals surface area contributed by atoms with Gasteiger partial charge in [0, 0.05) is 6.54 Å². The fraction of sp³-hybridized carbons (Fsp3) is 0.857. The highest BCUT2D eigenvalue weighted by Gasteiger charge is 2.41. The molecule has 0 bridgehead atoms. The number of nitrogens with one attached hydrogen (secondary N) is 1. The van der Waals surface area contributed by atoms with Crippen LogP contribution in [0.2, 0.25) is 0 Å². The predicted octanol–water partition coefficient (Wildman–Crippen LogP) is 2.43. The largest absolute Gasteiger partial charge is 0.481 e. The van der Waals surface area contributed by atoms with Crippen LogP contribution in [0.4, 0.5) is 0 Å². The highest BCUT2D eigenvalue weighted by atomic mass is 16.4. The Morgan fingerprint density at radius 3 is 2.39 bits per heavy atom. The van der Waals surface area contributed by atoms with E-state index in [9.17, 15) is 14.7 Å². The van der Waals surface area contributed by atoms with Crippen molar-refractivity contribution in [3.8, 4) is 0 Å². The minimum Gasteiger partial charge on any atom is -0.481 e. The molecule has 3 atom stereocenters. The number of unbranched alkanes of at least 4 members (excludes halogenated alkanes) is 2. The summed E-state index contributed by atoms with van der Waals surface area (Å²) in [5.41, 5.74) is 0. The van der Waals surface area contributed by atoms with Gasteiger partial charge in [0.25, 0.3) is 0 Å². The second kappa shape index (κ2) is 7.39.